The molecule has 0 unspecified atom stereocenters. The van der Waals surface area contributed by atoms with Gasteiger partial charge in [-0.3, -0.25) is 43.3 Å². The number of carboxylic acids is 1. The number of primary amides is 1. The van der Waals surface area contributed by atoms with E-state index >= 15 is 0 Å². The number of aromatic nitrogens is 2. The molecule has 1 aliphatic heterocycles. The first-order valence-corrected chi connectivity index (χ1v) is 19.2. The van der Waals surface area contributed by atoms with Crippen molar-refractivity contribution in [3.05, 3.63) is 18.2 Å². The Morgan fingerprint density at radius 2 is 1.50 bits per heavy atom. The van der Waals surface area contributed by atoms with Crippen molar-refractivity contribution in [2.45, 2.75) is 114 Å². The van der Waals surface area contributed by atoms with Crippen LogP contribution in [-0.4, -0.2) is 136 Å². The summed E-state index contributed by atoms with van der Waals surface area (Å²) >= 11 is 0. The lowest BCUT2D eigenvalue weighted by atomic mass is 10.0. The maximum absolute atomic E-state index is 14.2. The van der Waals surface area contributed by atoms with Gasteiger partial charge in [0.2, 0.25) is 41.4 Å². The molecule has 0 aromatic carbocycles. The van der Waals surface area contributed by atoms with Gasteiger partial charge in [-0.15, -0.1) is 0 Å². The first-order valence-electron chi connectivity index (χ1n) is 19.2. The van der Waals surface area contributed by atoms with Crippen LogP contribution in [0.1, 0.15) is 77.3 Å². The number of carbonyl (C=O) groups is 8. The molecule has 1 saturated heterocycles. The molecule has 0 radical (unpaired) electrons. The highest BCUT2D eigenvalue weighted by Crippen LogP contribution is 2.21. The highest BCUT2D eigenvalue weighted by atomic mass is 16.4. The number of nitrogens with zero attached hydrogens (tertiary/aromatic N) is 3. The zero-order valence-electron chi connectivity index (χ0n) is 33.0. The van der Waals surface area contributed by atoms with Crippen molar-refractivity contribution >= 4 is 53.3 Å². The molecule has 17 N–H and O–H groups in total. The minimum Gasteiger partial charge on any atom is -0.481 e. The predicted molar refractivity (Wildman–Crippen MR) is 209 cm³/mol. The zero-order valence-corrected chi connectivity index (χ0v) is 33.0. The van der Waals surface area contributed by atoms with Crippen LogP contribution in [0.25, 0.3) is 0 Å². The van der Waals surface area contributed by atoms with E-state index in [2.05, 4.69) is 41.5 Å². The summed E-state index contributed by atoms with van der Waals surface area (Å²) in [6, 6.07) is -7.46. The van der Waals surface area contributed by atoms with E-state index in [4.69, 9.17) is 28.7 Å². The molecule has 1 aliphatic rings. The number of H-pyrrole nitrogens is 1. The van der Waals surface area contributed by atoms with Gasteiger partial charge in [0.15, 0.2) is 5.96 Å². The lowest BCUT2D eigenvalue weighted by Gasteiger charge is -2.31. The number of hydrogen-bond donors (Lipinski definition) is 12. The summed E-state index contributed by atoms with van der Waals surface area (Å²) in [6.07, 6.45) is 4.14. The van der Waals surface area contributed by atoms with Crippen molar-refractivity contribution in [2.75, 3.05) is 26.2 Å². The number of imidazole rings is 1. The molecule has 0 aliphatic carbocycles. The van der Waals surface area contributed by atoms with Crippen molar-refractivity contribution in [2.24, 2.45) is 39.6 Å². The van der Waals surface area contributed by atoms with Crippen molar-refractivity contribution in [1.82, 2.24) is 41.5 Å². The summed E-state index contributed by atoms with van der Waals surface area (Å²) in [4.78, 5) is 117. The number of aliphatic imine (C=N–C) groups is 1. The van der Waals surface area contributed by atoms with Crippen LogP contribution in [0.15, 0.2) is 17.5 Å². The first kappa shape index (κ1) is 48.3. The Hall–Kier alpha value is -5.84. The number of amides is 7. The topological polar surface area (TPSA) is 391 Å². The lowest BCUT2D eigenvalue weighted by Crippen LogP contribution is -2.59. The number of rotatable bonds is 26. The van der Waals surface area contributed by atoms with Crippen LogP contribution < -0.4 is 55.3 Å². The second-order valence-corrected chi connectivity index (χ2v) is 14.4. The molecule has 1 fully saturated rings. The highest BCUT2D eigenvalue weighted by molar-refractivity contribution is 5.98. The van der Waals surface area contributed by atoms with Gasteiger partial charge >= 0.3 is 5.97 Å². The Bertz CT molecular complexity index is 1590. The number of nitrogens with two attached hydrogens (primary N) is 5. The van der Waals surface area contributed by atoms with E-state index < -0.39 is 96.5 Å². The first-order chi connectivity index (χ1) is 27.5. The largest absolute Gasteiger partial charge is 0.481 e. The van der Waals surface area contributed by atoms with E-state index in [1.54, 1.807) is 13.8 Å². The molecule has 0 bridgehead atoms. The molecule has 1 aromatic rings. The Morgan fingerprint density at radius 3 is 2.09 bits per heavy atom. The van der Waals surface area contributed by atoms with Gasteiger partial charge in [-0.1, -0.05) is 13.8 Å². The average Bonchev–Trinajstić information content (AvgIpc) is 3.87. The molecule has 23 nitrogen and oxygen atoms in total. The molecule has 6 atom stereocenters. The smallest absolute Gasteiger partial charge is 0.305 e. The minimum absolute atomic E-state index is 0.00394. The number of aliphatic carboxylic acids is 1. The fourth-order valence-electron chi connectivity index (χ4n) is 6.29. The molecular weight excluding hydrogens is 760 g/mol. The Balaban J connectivity index is 2.31. The van der Waals surface area contributed by atoms with Gasteiger partial charge in [-0.25, -0.2) is 4.98 Å². The van der Waals surface area contributed by atoms with Crippen LogP contribution in [0.5, 0.6) is 0 Å². The molecule has 324 valence electrons. The molecule has 58 heavy (non-hydrogen) atoms. The van der Waals surface area contributed by atoms with Gasteiger partial charge in [-0.2, -0.15) is 0 Å². The average molecular weight is 821 g/mol. The molecule has 1 aromatic heterocycles. The monoisotopic (exact) mass is 820 g/mol. The second-order valence-electron chi connectivity index (χ2n) is 14.4. The molecular formula is C35H60N14O9. The fraction of sp³-hybridized carbons (Fsp3) is 0.657. The molecule has 0 saturated carbocycles. The maximum atomic E-state index is 14.2. The second kappa shape index (κ2) is 24.7. The van der Waals surface area contributed by atoms with Gasteiger partial charge in [-0.05, 0) is 63.8 Å². The SMILES string of the molecule is CC(C)C[C@H](NC(=O)[C@@H]1CCCN1C(=O)[C@H](CCCN=C(N)N)NC(=O)[C@H](Cc1cnc[nH]1)NC(=O)CN)C(=O)N[C@@H](CC(=O)O)C(=O)N[C@@H](CCCCN)C(N)=O. The number of likely N-dealkylation sites (tertiary alicyclic amines) is 1. The number of guanidine groups is 1. The van der Waals surface area contributed by atoms with Crippen molar-refractivity contribution in [1.29, 1.82) is 0 Å². The van der Waals surface area contributed by atoms with Crippen LogP contribution in [-0.2, 0) is 44.8 Å². The quantitative estimate of drug-likeness (QED) is 0.0238. The third kappa shape index (κ3) is 16.7. The third-order valence-electron chi connectivity index (χ3n) is 9.17. The summed E-state index contributed by atoms with van der Waals surface area (Å²) in [5.74, 6) is -7.08. The minimum atomic E-state index is -1.63. The number of aromatic amines is 1. The molecule has 0 spiro atoms. The Kier molecular flexibility index (Phi) is 20.6. The molecule has 7 amide bonds. The highest BCUT2D eigenvalue weighted by Gasteiger charge is 2.40. The van der Waals surface area contributed by atoms with Gasteiger partial charge in [0.1, 0.15) is 36.3 Å². The van der Waals surface area contributed by atoms with Gasteiger partial charge < -0.3 is 70.2 Å². The van der Waals surface area contributed by atoms with Crippen LogP contribution in [0.4, 0.5) is 0 Å². The van der Waals surface area contributed by atoms with E-state index in [0.29, 0.717) is 31.5 Å². The van der Waals surface area contributed by atoms with Crippen LogP contribution in [0, 0.1) is 5.92 Å². The summed E-state index contributed by atoms with van der Waals surface area (Å²) in [6.45, 7) is 3.76. The van der Waals surface area contributed by atoms with Gasteiger partial charge in [0, 0.05) is 31.4 Å². The maximum Gasteiger partial charge on any atom is 0.305 e. The standard InChI is InChI=1S/C35H60N14O9/c1-19(2)13-23(30(54)47-25(15-28(51)52)32(56)45-21(29(38)53)7-3-4-10-36)48-33(57)26-9-6-12-49(26)34(58)22(8-5-11-42-35(39)40)46-31(55)24(44-27(50)16-37)14-20-17-41-18-43-20/h17-19,21-26H,3-16,36-37H2,1-2H3,(H2,38,53)(H,41,43)(H,44,50)(H,45,56)(H,46,55)(H,47,54)(H,48,57)(H,51,52)(H4,39,40,42)/t21-,22-,23-,24-,25-,26-/m0/s1. The number of unbranched alkanes of at least 4 members (excludes halogenated alkanes) is 1. The number of nitrogens with one attached hydrogen (secondary N) is 6. The van der Waals surface area contributed by atoms with E-state index in [-0.39, 0.29) is 63.5 Å². The van der Waals surface area contributed by atoms with Crippen LogP contribution in [0.2, 0.25) is 0 Å². The number of hydrogen-bond acceptors (Lipinski definition) is 12. The summed E-state index contributed by atoms with van der Waals surface area (Å²) < 4.78 is 0. The Morgan fingerprint density at radius 1 is 0.862 bits per heavy atom. The van der Waals surface area contributed by atoms with Crippen molar-refractivity contribution in [3.8, 4) is 0 Å². The van der Waals surface area contributed by atoms with Gasteiger partial charge in [0.05, 0.1) is 19.3 Å². The predicted octanol–water partition coefficient (Wildman–Crippen LogP) is -4.49. The Labute approximate surface area is 336 Å². The third-order valence-corrected chi connectivity index (χ3v) is 9.17. The zero-order chi connectivity index (χ0) is 43.4. The normalized spacial score (nSPS) is 16.2. The van der Waals surface area contributed by atoms with E-state index in [1.165, 1.54) is 17.4 Å². The summed E-state index contributed by atoms with van der Waals surface area (Å²) in [5, 5.41) is 22.2. The van der Waals surface area contributed by atoms with Crippen LogP contribution in [0.3, 0.4) is 0 Å². The molecule has 2 rings (SSSR count). The number of carboxylic acid groups (broad SMARTS) is 1. The van der Waals surface area contributed by atoms with Crippen molar-refractivity contribution < 1.29 is 43.5 Å². The van der Waals surface area contributed by atoms with Gasteiger partial charge in [0.25, 0.3) is 0 Å². The van der Waals surface area contributed by atoms with E-state index in [0.717, 1.165) is 0 Å². The fourth-order valence-corrected chi connectivity index (χ4v) is 6.29. The lowest BCUT2D eigenvalue weighted by molar-refractivity contribution is -0.143. The summed E-state index contributed by atoms with van der Waals surface area (Å²) in [7, 11) is 0. The van der Waals surface area contributed by atoms with Crippen molar-refractivity contribution in [3.63, 3.8) is 0 Å². The summed E-state index contributed by atoms with van der Waals surface area (Å²) in [5.41, 5.74) is 27.9. The van der Waals surface area contributed by atoms with E-state index in [1.807, 2.05) is 0 Å². The van der Waals surface area contributed by atoms with Crippen LogP contribution >= 0.6 is 0 Å². The molecule has 2 heterocycles. The molecule has 23 heteroatoms. The van der Waals surface area contributed by atoms with E-state index in [9.17, 15) is 43.5 Å². The number of carbonyl (C=O) groups excluding carboxylic acids is 7.